The SMILES string of the molecule is CCC[CH2][Sn]([CH2]CCC)([CH2]CCC)[CH](CC(C)OC1CCCCO1)[Sn]([CH2]CCC)([CH2]CCC)[CH2]CCC. The minimum atomic E-state index is -2.44. The predicted molar refractivity (Wildman–Crippen MR) is 172 cm³/mol. The van der Waals surface area contributed by atoms with Crippen LogP contribution in [0.15, 0.2) is 0 Å². The predicted octanol–water partition coefficient (Wildman–Crippen LogP) is 11.9. The molecule has 37 heavy (non-hydrogen) atoms. The van der Waals surface area contributed by atoms with E-state index in [0.717, 1.165) is 13.0 Å². The van der Waals surface area contributed by atoms with Crippen LogP contribution in [0.1, 0.15) is 151 Å². The van der Waals surface area contributed by atoms with Crippen molar-refractivity contribution < 1.29 is 9.47 Å². The van der Waals surface area contributed by atoms with E-state index in [4.69, 9.17) is 9.47 Å². The standard InChI is InChI=1S/C9H16O2.6C4H9.2Sn/c1-3-8(2)11-9-6-4-5-7-10-9;6*1-3-4-2;;/h1,8-9H,3-7H2,2H3;6*1,3-4H2,2H3;;. The molecule has 0 aliphatic carbocycles. The van der Waals surface area contributed by atoms with Gasteiger partial charge in [0.25, 0.3) is 0 Å². The molecule has 222 valence electrons. The minimum absolute atomic E-state index is 0.0717. The fourth-order valence-corrected chi connectivity index (χ4v) is 85.9. The third-order valence-corrected chi connectivity index (χ3v) is 66.1. The van der Waals surface area contributed by atoms with Crippen LogP contribution in [0.5, 0.6) is 0 Å². The zero-order chi connectivity index (χ0) is 27.4. The van der Waals surface area contributed by atoms with Crippen LogP contribution in [0.25, 0.3) is 0 Å². The van der Waals surface area contributed by atoms with Crippen LogP contribution in [0.3, 0.4) is 0 Å². The van der Waals surface area contributed by atoms with Gasteiger partial charge in [0.15, 0.2) is 0 Å². The Bertz CT molecular complexity index is 445. The second kappa shape index (κ2) is 22.2. The van der Waals surface area contributed by atoms with E-state index < -0.39 is 36.8 Å². The molecule has 1 fully saturated rings. The Balaban J connectivity index is 3.56. The van der Waals surface area contributed by atoms with E-state index in [1.807, 2.05) is 0 Å². The molecular formula is C33H70O2Sn2. The number of rotatable bonds is 24. The van der Waals surface area contributed by atoms with Crippen molar-refractivity contribution in [2.45, 2.75) is 192 Å². The monoisotopic (exact) mass is 738 g/mol. The molecule has 2 nitrogen and oxygen atoms in total. The first kappa shape index (κ1) is 36.5. The number of hydrogen-bond donors (Lipinski definition) is 0. The van der Waals surface area contributed by atoms with Gasteiger partial charge in [-0.05, 0) is 0 Å². The second-order valence-corrected chi connectivity index (χ2v) is 45.7. The average Bonchev–Trinajstić information content (AvgIpc) is 2.92. The first-order chi connectivity index (χ1) is 18.0. The van der Waals surface area contributed by atoms with Gasteiger partial charge >= 0.3 is 245 Å². The van der Waals surface area contributed by atoms with Gasteiger partial charge < -0.3 is 0 Å². The zero-order valence-corrected chi connectivity index (χ0v) is 32.5. The maximum atomic E-state index is 6.78. The first-order valence-electron chi connectivity index (χ1n) is 17.2. The van der Waals surface area contributed by atoms with E-state index in [2.05, 4.69) is 48.5 Å². The Morgan fingerprint density at radius 2 is 1.00 bits per heavy atom. The van der Waals surface area contributed by atoms with Crippen LogP contribution in [-0.4, -0.2) is 55.8 Å². The maximum absolute atomic E-state index is 6.78. The van der Waals surface area contributed by atoms with E-state index in [0.29, 0.717) is 6.10 Å². The summed E-state index contributed by atoms with van der Waals surface area (Å²) in [5, 5.41) is 0. The molecule has 0 amide bonds. The van der Waals surface area contributed by atoms with Gasteiger partial charge in [0.05, 0.1) is 0 Å². The number of unbranched alkanes of at least 4 members (excludes halogenated alkanes) is 6. The van der Waals surface area contributed by atoms with Gasteiger partial charge in [-0.3, -0.25) is 0 Å². The molecule has 1 aliphatic heterocycles. The molecule has 0 aromatic heterocycles. The molecule has 2 atom stereocenters. The van der Waals surface area contributed by atoms with Gasteiger partial charge in [-0.25, -0.2) is 0 Å². The summed E-state index contributed by atoms with van der Waals surface area (Å²) in [5.74, 6) is 0. The molecule has 0 bridgehead atoms. The van der Waals surface area contributed by atoms with Crippen LogP contribution < -0.4 is 0 Å². The Kier molecular flexibility index (Phi) is 21.9. The van der Waals surface area contributed by atoms with E-state index in [1.165, 1.54) is 98.3 Å². The van der Waals surface area contributed by atoms with Crippen molar-refractivity contribution in [2.75, 3.05) is 6.61 Å². The molecule has 0 spiro atoms. The van der Waals surface area contributed by atoms with Crippen molar-refractivity contribution in [3.8, 4) is 0 Å². The molecule has 0 aromatic carbocycles. The van der Waals surface area contributed by atoms with Crippen molar-refractivity contribution in [2.24, 2.45) is 0 Å². The van der Waals surface area contributed by atoms with Crippen LogP contribution in [0.4, 0.5) is 0 Å². The average molecular weight is 736 g/mol. The summed E-state index contributed by atoms with van der Waals surface area (Å²) in [6, 6.07) is 0. The fraction of sp³-hybridized carbons (Fsp3) is 1.00. The van der Waals surface area contributed by atoms with Crippen molar-refractivity contribution in [3.05, 3.63) is 0 Å². The molecule has 1 heterocycles. The molecule has 0 aromatic rings. The molecule has 0 saturated carbocycles. The van der Waals surface area contributed by atoms with Gasteiger partial charge in [-0.15, -0.1) is 0 Å². The number of ether oxygens (including phenoxy) is 2. The summed E-state index contributed by atoms with van der Waals surface area (Å²) in [4.78, 5) is 0. The summed E-state index contributed by atoms with van der Waals surface area (Å²) in [6.07, 6.45) is 22.9. The third-order valence-electron chi connectivity index (χ3n) is 9.74. The quantitative estimate of drug-likeness (QED) is 0.0919. The van der Waals surface area contributed by atoms with Crippen molar-refractivity contribution in [3.63, 3.8) is 0 Å². The van der Waals surface area contributed by atoms with Gasteiger partial charge in [-0.2, -0.15) is 0 Å². The van der Waals surface area contributed by atoms with Crippen LogP contribution in [-0.2, 0) is 9.47 Å². The summed E-state index contributed by atoms with van der Waals surface area (Å²) in [5.41, 5.74) is 0. The van der Waals surface area contributed by atoms with E-state index >= 15 is 0 Å². The normalized spacial score (nSPS) is 18.0. The number of hydrogen-bond acceptors (Lipinski definition) is 2. The van der Waals surface area contributed by atoms with E-state index in [9.17, 15) is 0 Å². The molecule has 1 saturated heterocycles. The van der Waals surface area contributed by atoms with Gasteiger partial charge in [0.1, 0.15) is 0 Å². The van der Waals surface area contributed by atoms with Crippen LogP contribution in [0.2, 0.25) is 28.6 Å². The van der Waals surface area contributed by atoms with Crippen LogP contribution >= 0.6 is 0 Å². The van der Waals surface area contributed by atoms with Gasteiger partial charge in [0, 0.05) is 0 Å². The summed E-state index contributed by atoms with van der Waals surface area (Å²) in [7, 11) is 0. The Hall–Kier alpha value is 1.52. The summed E-state index contributed by atoms with van der Waals surface area (Å²) < 4.78 is 24.2. The van der Waals surface area contributed by atoms with Crippen molar-refractivity contribution in [1.82, 2.24) is 0 Å². The molecule has 1 rings (SSSR count). The molecular weight excluding hydrogens is 666 g/mol. The molecule has 4 heteroatoms. The summed E-state index contributed by atoms with van der Waals surface area (Å²) >= 11 is -4.89. The summed E-state index contributed by atoms with van der Waals surface area (Å²) in [6.45, 7) is 18.1. The fourth-order valence-electron chi connectivity index (χ4n) is 7.58. The Morgan fingerprint density at radius 1 is 0.622 bits per heavy atom. The first-order valence-corrected chi connectivity index (χ1v) is 32.6. The Labute approximate surface area is 243 Å². The Morgan fingerprint density at radius 3 is 1.30 bits per heavy atom. The third kappa shape index (κ3) is 13.4. The van der Waals surface area contributed by atoms with E-state index in [-0.39, 0.29) is 6.29 Å². The molecule has 0 radical (unpaired) electrons. The second-order valence-electron chi connectivity index (χ2n) is 12.9. The van der Waals surface area contributed by atoms with Crippen molar-refractivity contribution in [1.29, 1.82) is 0 Å². The van der Waals surface area contributed by atoms with E-state index in [1.54, 1.807) is 26.6 Å². The topological polar surface area (TPSA) is 18.5 Å². The van der Waals surface area contributed by atoms with Crippen LogP contribution in [0, 0.1) is 0 Å². The molecule has 1 aliphatic rings. The van der Waals surface area contributed by atoms with Gasteiger partial charge in [-0.1, -0.05) is 0 Å². The van der Waals surface area contributed by atoms with Gasteiger partial charge in [0.2, 0.25) is 0 Å². The van der Waals surface area contributed by atoms with Crippen molar-refractivity contribution >= 4 is 36.8 Å². The zero-order valence-electron chi connectivity index (χ0n) is 26.8. The molecule has 2 unspecified atom stereocenters. The molecule has 0 N–H and O–H groups in total.